The summed E-state index contributed by atoms with van der Waals surface area (Å²) in [4.78, 5) is 10.6. The average molecular weight is 179 g/mol. The molecular weight excluding hydrogens is 168 g/mol. The van der Waals surface area contributed by atoms with Crippen molar-refractivity contribution in [3.63, 3.8) is 0 Å². The van der Waals surface area contributed by atoms with Crippen molar-refractivity contribution in [1.82, 2.24) is 0 Å². The highest BCUT2D eigenvalue weighted by Crippen LogP contribution is 2.07. The monoisotopic (exact) mass is 178 g/mol. The van der Waals surface area contributed by atoms with Crippen molar-refractivity contribution in [2.45, 2.75) is 25.9 Å². The maximum Gasteiger partial charge on any atom is 0.351 e. The third-order valence-electron chi connectivity index (χ3n) is 1.22. The van der Waals surface area contributed by atoms with E-state index < -0.39 is 12.1 Å². The molecule has 0 fully saturated rings. The van der Waals surface area contributed by atoms with Crippen LogP contribution in [0.2, 0.25) is 0 Å². The minimum Gasteiger partial charge on any atom is -0.393 e. The first-order valence-corrected chi connectivity index (χ1v) is 3.57. The lowest BCUT2D eigenvalue weighted by Gasteiger charge is -2.03. The molecule has 0 saturated heterocycles. The third-order valence-corrected chi connectivity index (χ3v) is 1.36. The Morgan fingerprint density at radius 2 is 2.36 bits per heavy atom. The van der Waals surface area contributed by atoms with E-state index in [0.29, 0.717) is 12.8 Å². The molecule has 1 unspecified atom stereocenters. The molecule has 1 N–H and O–H groups in total. The molecule has 0 bridgehead atoms. The van der Waals surface area contributed by atoms with Crippen molar-refractivity contribution in [2.24, 2.45) is 0 Å². The second-order valence-corrected chi connectivity index (χ2v) is 2.51. The summed E-state index contributed by atoms with van der Waals surface area (Å²) in [6, 6.07) is 0. The number of carbonyl (C=O) groups excluding carboxylic acids is 1. The molecule has 0 aromatic carbocycles. The summed E-state index contributed by atoms with van der Waals surface area (Å²) >= 11 is 4.79. The van der Waals surface area contributed by atoms with Gasteiger partial charge in [-0.25, -0.2) is 4.79 Å². The van der Waals surface area contributed by atoms with Crippen molar-refractivity contribution in [3.05, 3.63) is 12.2 Å². The van der Waals surface area contributed by atoms with Crippen LogP contribution < -0.4 is 0 Å². The van der Waals surface area contributed by atoms with Gasteiger partial charge in [-0.3, -0.25) is 0 Å². The first-order valence-electron chi connectivity index (χ1n) is 3.26. The standard InChI is InChI=1S/C7H11ClO3/c1-5(7(10)11-8)3-4-6(2)9/h6,9H,1,3-4H2,2H3. The molecule has 11 heavy (non-hydrogen) atoms. The van der Waals surface area contributed by atoms with Crippen LogP contribution in [0.25, 0.3) is 0 Å². The number of hydrogen-bond donors (Lipinski definition) is 1. The van der Waals surface area contributed by atoms with Crippen molar-refractivity contribution < 1.29 is 14.2 Å². The highest BCUT2D eigenvalue weighted by atomic mass is 35.5. The van der Waals surface area contributed by atoms with Crippen LogP contribution in [0.3, 0.4) is 0 Å². The summed E-state index contributed by atoms with van der Waals surface area (Å²) in [7, 11) is 0. The molecule has 0 aliphatic rings. The highest BCUT2D eigenvalue weighted by Gasteiger charge is 2.08. The smallest absolute Gasteiger partial charge is 0.351 e. The normalized spacial score (nSPS) is 12.3. The number of rotatable bonds is 4. The lowest BCUT2D eigenvalue weighted by molar-refractivity contribution is -0.129. The quantitative estimate of drug-likeness (QED) is 0.662. The van der Waals surface area contributed by atoms with E-state index in [1.807, 2.05) is 0 Å². The van der Waals surface area contributed by atoms with Crippen molar-refractivity contribution in [1.29, 1.82) is 0 Å². The summed E-state index contributed by atoms with van der Waals surface area (Å²) in [6.07, 6.45) is 0.462. The molecule has 0 radical (unpaired) electrons. The second-order valence-electron chi connectivity index (χ2n) is 2.36. The lowest BCUT2D eigenvalue weighted by Crippen LogP contribution is -2.05. The van der Waals surface area contributed by atoms with Gasteiger partial charge in [0.15, 0.2) is 0 Å². The van der Waals surface area contributed by atoms with E-state index in [-0.39, 0.29) is 5.57 Å². The van der Waals surface area contributed by atoms with Gasteiger partial charge in [0.05, 0.1) is 6.10 Å². The van der Waals surface area contributed by atoms with Gasteiger partial charge in [-0.1, -0.05) is 6.58 Å². The second kappa shape index (κ2) is 5.16. The molecule has 4 heteroatoms. The zero-order valence-corrected chi connectivity index (χ0v) is 7.10. The summed E-state index contributed by atoms with van der Waals surface area (Å²) < 4.78 is 3.90. The molecule has 0 amide bonds. The molecule has 3 nitrogen and oxygen atoms in total. The van der Waals surface area contributed by atoms with Crippen molar-refractivity contribution in [2.75, 3.05) is 0 Å². The Morgan fingerprint density at radius 1 is 1.82 bits per heavy atom. The van der Waals surface area contributed by atoms with E-state index in [9.17, 15) is 4.79 Å². The van der Waals surface area contributed by atoms with Gasteiger partial charge in [-0.2, -0.15) is 0 Å². The van der Waals surface area contributed by atoms with Gasteiger partial charge < -0.3 is 9.40 Å². The van der Waals surface area contributed by atoms with Gasteiger partial charge in [0.1, 0.15) is 11.9 Å². The fraction of sp³-hybridized carbons (Fsp3) is 0.571. The van der Waals surface area contributed by atoms with E-state index in [0.717, 1.165) is 0 Å². The molecule has 0 aliphatic carbocycles. The Hall–Kier alpha value is -0.540. The predicted octanol–water partition coefficient (Wildman–Crippen LogP) is 1.40. The molecule has 0 spiro atoms. The molecule has 0 heterocycles. The first-order chi connectivity index (χ1) is 5.07. The minimum atomic E-state index is -0.632. The van der Waals surface area contributed by atoms with E-state index >= 15 is 0 Å². The summed E-state index contributed by atoms with van der Waals surface area (Å²) in [6.45, 7) is 5.07. The number of aliphatic hydroxyl groups is 1. The van der Waals surface area contributed by atoms with Crippen LogP contribution in [0.5, 0.6) is 0 Å². The van der Waals surface area contributed by atoms with Gasteiger partial charge in [0, 0.05) is 5.57 Å². The fourth-order valence-electron chi connectivity index (χ4n) is 0.540. The van der Waals surface area contributed by atoms with Crippen molar-refractivity contribution >= 4 is 17.8 Å². The van der Waals surface area contributed by atoms with Gasteiger partial charge in [-0.05, 0) is 19.8 Å². The SMILES string of the molecule is C=C(CCC(C)O)C(=O)OCl. The molecule has 0 rings (SSSR count). The van der Waals surface area contributed by atoms with Crippen LogP contribution >= 0.6 is 11.9 Å². The Bertz CT molecular complexity index is 154. The number of carbonyl (C=O) groups is 1. The maximum atomic E-state index is 10.6. The average Bonchev–Trinajstić information content (AvgIpc) is 1.98. The Labute approximate surface area is 70.8 Å². The van der Waals surface area contributed by atoms with Gasteiger partial charge in [0.2, 0.25) is 0 Å². The van der Waals surface area contributed by atoms with Crippen LogP contribution in [-0.4, -0.2) is 17.2 Å². The Morgan fingerprint density at radius 3 is 2.73 bits per heavy atom. The number of aliphatic hydroxyl groups excluding tert-OH is 1. The van der Waals surface area contributed by atoms with Crippen LogP contribution in [0.1, 0.15) is 19.8 Å². The Kier molecular flexibility index (Phi) is 4.90. The van der Waals surface area contributed by atoms with Crippen LogP contribution in [-0.2, 0) is 9.08 Å². The van der Waals surface area contributed by atoms with Gasteiger partial charge in [-0.15, -0.1) is 0 Å². The molecule has 0 saturated carbocycles. The molecule has 0 aromatic heterocycles. The van der Waals surface area contributed by atoms with Crippen molar-refractivity contribution in [3.8, 4) is 0 Å². The molecule has 0 aromatic rings. The predicted molar refractivity (Wildman–Crippen MR) is 42.0 cm³/mol. The van der Waals surface area contributed by atoms with E-state index in [1.165, 1.54) is 0 Å². The molecule has 0 aliphatic heterocycles. The summed E-state index contributed by atoms with van der Waals surface area (Å²) in [5, 5.41) is 8.83. The minimum absolute atomic E-state index is 0.279. The topological polar surface area (TPSA) is 46.5 Å². The molecule has 64 valence electrons. The van der Waals surface area contributed by atoms with E-state index in [4.69, 9.17) is 17.0 Å². The van der Waals surface area contributed by atoms with Gasteiger partial charge >= 0.3 is 5.97 Å². The van der Waals surface area contributed by atoms with Gasteiger partial charge in [0.25, 0.3) is 0 Å². The first kappa shape index (κ1) is 10.5. The Balaban J connectivity index is 3.61. The lowest BCUT2D eigenvalue weighted by atomic mass is 10.1. The highest BCUT2D eigenvalue weighted by molar-refractivity contribution is 6.15. The zero-order chi connectivity index (χ0) is 8.85. The third kappa shape index (κ3) is 4.81. The van der Waals surface area contributed by atoms with Crippen LogP contribution in [0, 0.1) is 0 Å². The van der Waals surface area contributed by atoms with Crippen LogP contribution in [0.4, 0.5) is 0 Å². The molecule has 1 atom stereocenters. The maximum absolute atomic E-state index is 10.6. The number of hydrogen-bond acceptors (Lipinski definition) is 3. The van der Waals surface area contributed by atoms with Crippen LogP contribution in [0.15, 0.2) is 12.2 Å². The summed E-state index contributed by atoms with van der Waals surface area (Å²) in [5.74, 6) is -0.632. The van der Waals surface area contributed by atoms with E-state index in [2.05, 4.69) is 10.9 Å². The number of halogens is 1. The van der Waals surface area contributed by atoms with E-state index in [1.54, 1.807) is 6.92 Å². The zero-order valence-electron chi connectivity index (χ0n) is 6.34. The summed E-state index contributed by atoms with van der Waals surface area (Å²) in [5.41, 5.74) is 0.279. The largest absolute Gasteiger partial charge is 0.393 e. The fourth-order valence-corrected chi connectivity index (χ4v) is 0.649. The molecular formula is C7H11ClO3.